The van der Waals surface area contributed by atoms with Crippen LogP contribution in [0.25, 0.3) is 0 Å². The minimum Gasteiger partial charge on any atom is -0.322 e. The van der Waals surface area contributed by atoms with E-state index in [0.29, 0.717) is 0 Å². The molecule has 0 heterocycles. The smallest absolute Gasteiger partial charge is 0.247 e. The fourth-order valence-electron chi connectivity index (χ4n) is 2.23. The first-order valence-corrected chi connectivity index (χ1v) is 13.9. The van der Waals surface area contributed by atoms with Gasteiger partial charge in [0.2, 0.25) is 5.69 Å². The molecule has 0 N–H and O–H groups in total. The van der Waals surface area contributed by atoms with Crippen molar-refractivity contribution in [3.05, 3.63) is 0 Å². The van der Waals surface area contributed by atoms with Gasteiger partial charge in [0.25, 0.3) is 0 Å². The van der Waals surface area contributed by atoms with E-state index < -0.39 is 5.69 Å². The van der Waals surface area contributed by atoms with Gasteiger partial charge in [0.05, 0.1) is 13.2 Å². The lowest BCUT2D eigenvalue weighted by molar-refractivity contribution is 0.250. The van der Waals surface area contributed by atoms with Crippen molar-refractivity contribution >= 4 is 28.9 Å². The lowest BCUT2D eigenvalue weighted by atomic mass is 10.2. The van der Waals surface area contributed by atoms with Crippen molar-refractivity contribution in [2.45, 2.75) is 97.8 Å². The van der Waals surface area contributed by atoms with Gasteiger partial charge < -0.3 is 9.05 Å². The summed E-state index contributed by atoms with van der Waals surface area (Å²) in [6.45, 7) is 8.26. The Kier molecular flexibility index (Phi) is 18.4. The summed E-state index contributed by atoms with van der Waals surface area (Å²) < 4.78 is 12.1. The molecule has 0 saturated carbocycles. The normalized spacial score (nSPS) is 12.0. The van der Waals surface area contributed by atoms with E-state index in [9.17, 15) is 0 Å². The van der Waals surface area contributed by atoms with Crippen LogP contribution in [-0.4, -0.2) is 19.0 Å². The summed E-state index contributed by atoms with van der Waals surface area (Å²) in [5.74, 6) is 1.08. The van der Waals surface area contributed by atoms with Gasteiger partial charge in [-0.15, -0.1) is 0 Å². The molecule has 5 heteroatoms. The monoisotopic (exact) mass is 382 g/mol. The summed E-state index contributed by atoms with van der Waals surface area (Å²) in [5, 5.41) is 0. The van der Waals surface area contributed by atoms with Crippen LogP contribution >= 0.6 is 17.1 Å². The second kappa shape index (κ2) is 17.7. The zero-order valence-electron chi connectivity index (χ0n) is 15.7. The zero-order valence-corrected chi connectivity index (χ0v) is 18.2. The highest BCUT2D eigenvalue weighted by Crippen LogP contribution is 2.61. The predicted octanol–water partition coefficient (Wildman–Crippen LogP) is 7.72. The van der Waals surface area contributed by atoms with Crippen LogP contribution in [0.2, 0.25) is 0 Å². The topological polar surface area (TPSA) is 18.5 Å². The molecule has 140 valence electrons. The van der Waals surface area contributed by atoms with E-state index in [1.807, 2.05) is 0 Å². The number of unbranched alkanes of at least 4 members (excludes halogenated alkanes) is 9. The summed E-state index contributed by atoms with van der Waals surface area (Å²) in [6, 6.07) is 0. The molecule has 0 amide bonds. The summed E-state index contributed by atoms with van der Waals surface area (Å²) in [4.78, 5) is 0. The van der Waals surface area contributed by atoms with Crippen molar-refractivity contribution in [2.24, 2.45) is 0 Å². The van der Waals surface area contributed by atoms with Crippen LogP contribution < -0.4 is 0 Å². The third-order valence-corrected chi connectivity index (χ3v) is 9.24. The molecular weight excluding hydrogens is 343 g/mol. The molecule has 0 bridgehead atoms. The summed E-state index contributed by atoms with van der Waals surface area (Å²) >= 11 is 7.55. The van der Waals surface area contributed by atoms with Crippen molar-refractivity contribution in [3.63, 3.8) is 0 Å². The Morgan fingerprint density at radius 1 is 0.652 bits per heavy atom. The molecule has 0 aliphatic rings. The molecular formula is C18H39O2PS2. The highest BCUT2D eigenvalue weighted by atomic mass is 32.9. The maximum absolute atomic E-state index is 6.06. The van der Waals surface area contributed by atoms with E-state index in [0.717, 1.165) is 31.8 Å². The van der Waals surface area contributed by atoms with Gasteiger partial charge in [0.15, 0.2) is 0 Å². The molecule has 23 heavy (non-hydrogen) atoms. The first kappa shape index (κ1) is 23.9. The molecule has 0 radical (unpaired) electrons. The first-order chi connectivity index (χ1) is 11.2. The number of rotatable bonds is 18. The third kappa shape index (κ3) is 16.2. The lowest BCUT2D eigenvalue weighted by Gasteiger charge is -2.21. The highest BCUT2D eigenvalue weighted by molar-refractivity contribution is 8.67. The Morgan fingerprint density at radius 2 is 1.09 bits per heavy atom. The van der Waals surface area contributed by atoms with Gasteiger partial charge in [-0.3, -0.25) is 0 Å². The maximum atomic E-state index is 6.06. The molecule has 0 saturated heterocycles. The van der Waals surface area contributed by atoms with E-state index in [4.69, 9.17) is 20.9 Å². The summed E-state index contributed by atoms with van der Waals surface area (Å²) in [6.07, 6.45) is 14.9. The summed E-state index contributed by atoms with van der Waals surface area (Å²) in [5.41, 5.74) is -2.12. The Morgan fingerprint density at radius 3 is 1.52 bits per heavy atom. The summed E-state index contributed by atoms with van der Waals surface area (Å²) in [7, 11) is 0. The molecule has 0 aromatic rings. The van der Waals surface area contributed by atoms with Gasteiger partial charge in [0, 0.05) is 5.75 Å². The second-order valence-corrected chi connectivity index (χ2v) is 12.6. The van der Waals surface area contributed by atoms with Crippen molar-refractivity contribution < 1.29 is 9.05 Å². The van der Waals surface area contributed by atoms with Crippen LogP contribution in [0.4, 0.5) is 0 Å². The van der Waals surface area contributed by atoms with Crippen LogP contribution in [0, 0.1) is 0 Å². The van der Waals surface area contributed by atoms with E-state index in [1.165, 1.54) is 64.2 Å². The molecule has 0 atom stereocenters. The largest absolute Gasteiger partial charge is 0.322 e. The number of hydrogen-bond acceptors (Lipinski definition) is 4. The van der Waals surface area contributed by atoms with Crippen molar-refractivity contribution in [1.29, 1.82) is 0 Å². The van der Waals surface area contributed by atoms with Gasteiger partial charge in [-0.2, -0.15) is 0 Å². The molecule has 2 nitrogen and oxygen atoms in total. The van der Waals surface area contributed by atoms with Gasteiger partial charge in [-0.25, -0.2) is 0 Å². The third-order valence-electron chi connectivity index (χ3n) is 3.74. The average molecular weight is 383 g/mol. The van der Waals surface area contributed by atoms with Gasteiger partial charge in [-0.1, -0.05) is 89.9 Å². The fourth-order valence-corrected chi connectivity index (χ4v) is 6.78. The standard InChI is InChI=1S/C18H39O2PS2/c1-4-7-10-13-16-19-21(22,20-17-14-11-8-5-2)23-18-15-12-9-6-3/h4-18H2,1-3H3. The highest BCUT2D eigenvalue weighted by Gasteiger charge is 2.19. The Labute approximate surface area is 154 Å². The van der Waals surface area contributed by atoms with Crippen LogP contribution in [0.15, 0.2) is 0 Å². The molecule has 0 rings (SSSR count). The fraction of sp³-hybridized carbons (Fsp3) is 1.00. The predicted molar refractivity (Wildman–Crippen MR) is 111 cm³/mol. The molecule has 0 aromatic carbocycles. The average Bonchev–Trinajstić information content (AvgIpc) is 2.54. The molecule has 0 fully saturated rings. The minimum absolute atomic E-state index is 0.772. The molecule has 0 aliphatic carbocycles. The second-order valence-electron chi connectivity index (χ2n) is 6.13. The van der Waals surface area contributed by atoms with Gasteiger partial charge >= 0.3 is 0 Å². The van der Waals surface area contributed by atoms with Crippen LogP contribution in [0.3, 0.4) is 0 Å². The van der Waals surface area contributed by atoms with Gasteiger partial charge in [-0.05, 0) is 31.1 Å². The Balaban J connectivity index is 4.03. The zero-order chi connectivity index (χ0) is 17.2. The van der Waals surface area contributed by atoms with E-state index in [1.54, 1.807) is 11.4 Å². The van der Waals surface area contributed by atoms with Crippen molar-refractivity contribution in [2.75, 3.05) is 19.0 Å². The lowest BCUT2D eigenvalue weighted by Crippen LogP contribution is -1.98. The minimum atomic E-state index is -2.12. The van der Waals surface area contributed by atoms with Crippen LogP contribution in [0.1, 0.15) is 97.8 Å². The molecule has 0 aliphatic heterocycles. The van der Waals surface area contributed by atoms with E-state index in [2.05, 4.69) is 20.8 Å². The van der Waals surface area contributed by atoms with E-state index >= 15 is 0 Å². The maximum Gasteiger partial charge on any atom is 0.247 e. The first-order valence-electron chi connectivity index (χ1n) is 9.72. The van der Waals surface area contributed by atoms with Crippen molar-refractivity contribution in [1.82, 2.24) is 0 Å². The number of hydrogen-bond donors (Lipinski definition) is 0. The molecule has 0 spiro atoms. The quantitative estimate of drug-likeness (QED) is 0.178. The Bertz CT molecular complexity index is 245. The Hall–Kier alpha value is 0.920. The van der Waals surface area contributed by atoms with Crippen LogP contribution in [0.5, 0.6) is 0 Å². The van der Waals surface area contributed by atoms with Crippen molar-refractivity contribution in [3.8, 4) is 0 Å². The van der Waals surface area contributed by atoms with E-state index in [-0.39, 0.29) is 0 Å². The molecule has 0 aromatic heterocycles. The SMILES string of the molecule is CCCCCCOP(=S)(OCCCCCC)SCCCCCC. The molecule has 0 unspecified atom stereocenters. The van der Waals surface area contributed by atoms with Gasteiger partial charge in [0.1, 0.15) is 0 Å². The van der Waals surface area contributed by atoms with Crippen LogP contribution in [-0.2, 0) is 20.9 Å².